The maximum Gasteiger partial charge on any atom is 0.0701 e. The van der Waals surface area contributed by atoms with E-state index >= 15 is 0 Å². The van der Waals surface area contributed by atoms with E-state index in [1.165, 1.54) is 44.9 Å². The molecule has 0 amide bonds. The van der Waals surface area contributed by atoms with Gasteiger partial charge in [0.1, 0.15) is 0 Å². The second-order valence-electron chi connectivity index (χ2n) is 6.62. The number of aliphatic hydroxyl groups excluding tert-OH is 1. The summed E-state index contributed by atoms with van der Waals surface area (Å²) >= 11 is 0. The van der Waals surface area contributed by atoms with E-state index in [2.05, 4.69) is 13.8 Å². The Morgan fingerprint density at radius 2 is 1.08 bits per heavy atom. The van der Waals surface area contributed by atoms with Gasteiger partial charge in [0.2, 0.25) is 0 Å². The second-order valence-corrected chi connectivity index (χ2v) is 6.62. The lowest BCUT2D eigenvalue weighted by atomic mass is 9.98. The van der Waals surface area contributed by atoms with Crippen LogP contribution in [0.4, 0.5) is 0 Å². The third-order valence-corrected chi connectivity index (χ3v) is 4.12. The topological polar surface area (TPSA) is 57.2 Å². The van der Waals surface area contributed by atoms with Crippen molar-refractivity contribution in [2.75, 3.05) is 59.5 Å². The maximum atomic E-state index is 8.53. The lowest BCUT2D eigenvalue weighted by Gasteiger charge is -2.09. The summed E-state index contributed by atoms with van der Waals surface area (Å²) in [5.41, 5.74) is 0. The normalized spacial score (nSPS) is 12.6. The van der Waals surface area contributed by atoms with Crippen molar-refractivity contribution in [2.45, 2.75) is 65.2 Å². The minimum Gasteiger partial charge on any atom is -0.394 e. The molecule has 1 atom stereocenters. The molecule has 0 heterocycles. The van der Waals surface area contributed by atoms with Crippen molar-refractivity contribution < 1.29 is 24.1 Å². The Balaban J connectivity index is 3.00. The lowest BCUT2D eigenvalue weighted by Crippen LogP contribution is -2.12. The van der Waals surface area contributed by atoms with E-state index < -0.39 is 0 Å². The molecule has 0 saturated carbocycles. The number of rotatable bonds is 21. The highest BCUT2D eigenvalue weighted by Crippen LogP contribution is 2.15. The minimum absolute atomic E-state index is 0.0570. The summed E-state index contributed by atoms with van der Waals surface area (Å²) in [6.07, 6.45) is 10.6. The summed E-state index contributed by atoms with van der Waals surface area (Å²) in [5.74, 6) is 0.901. The van der Waals surface area contributed by atoms with Crippen LogP contribution < -0.4 is 0 Å². The molecule has 0 fully saturated rings. The largest absolute Gasteiger partial charge is 0.394 e. The molecular formula is C20H42O5. The Bertz CT molecular complexity index is 238. The Morgan fingerprint density at radius 1 is 0.600 bits per heavy atom. The Morgan fingerprint density at radius 3 is 1.64 bits per heavy atom. The van der Waals surface area contributed by atoms with Crippen LogP contribution in [0.3, 0.4) is 0 Å². The first-order chi connectivity index (χ1) is 12.3. The van der Waals surface area contributed by atoms with Crippen molar-refractivity contribution in [3.63, 3.8) is 0 Å². The van der Waals surface area contributed by atoms with E-state index in [1.54, 1.807) is 0 Å². The quantitative estimate of drug-likeness (QED) is 0.315. The molecule has 25 heavy (non-hydrogen) atoms. The van der Waals surface area contributed by atoms with Gasteiger partial charge in [-0.1, -0.05) is 58.8 Å². The molecule has 0 aliphatic heterocycles. The van der Waals surface area contributed by atoms with Gasteiger partial charge in [-0.2, -0.15) is 0 Å². The highest BCUT2D eigenvalue weighted by Gasteiger charge is 2.00. The molecular weight excluding hydrogens is 320 g/mol. The molecule has 0 saturated heterocycles. The van der Waals surface area contributed by atoms with Crippen molar-refractivity contribution in [3.05, 3.63) is 0 Å². The van der Waals surface area contributed by atoms with Crippen molar-refractivity contribution >= 4 is 0 Å². The van der Waals surface area contributed by atoms with Crippen molar-refractivity contribution in [2.24, 2.45) is 5.92 Å². The van der Waals surface area contributed by atoms with E-state index in [-0.39, 0.29) is 6.61 Å². The van der Waals surface area contributed by atoms with Gasteiger partial charge in [0, 0.05) is 6.61 Å². The maximum absolute atomic E-state index is 8.53. The SMILES string of the molecule is CCCC(C)CCCCCCCOCCOCCOCCOCCO. The molecule has 152 valence electrons. The number of unbranched alkanes of at least 4 members (excludes halogenated alkanes) is 4. The average Bonchev–Trinajstić information content (AvgIpc) is 2.61. The van der Waals surface area contributed by atoms with Crippen LogP contribution in [-0.2, 0) is 18.9 Å². The summed E-state index contributed by atoms with van der Waals surface area (Å²) in [6, 6.07) is 0. The molecule has 1 unspecified atom stereocenters. The van der Waals surface area contributed by atoms with E-state index in [0.29, 0.717) is 46.2 Å². The molecule has 0 spiro atoms. The van der Waals surface area contributed by atoms with E-state index in [0.717, 1.165) is 18.9 Å². The molecule has 0 aliphatic carbocycles. The zero-order valence-electron chi connectivity index (χ0n) is 16.7. The molecule has 5 heteroatoms. The zero-order valence-corrected chi connectivity index (χ0v) is 16.7. The Kier molecular flexibility index (Phi) is 21.7. The third-order valence-electron chi connectivity index (χ3n) is 4.12. The molecule has 5 nitrogen and oxygen atoms in total. The fraction of sp³-hybridized carbons (Fsp3) is 1.00. The standard InChI is InChI=1S/C20H42O5/c1-3-9-20(2)10-7-5-4-6-8-12-22-14-16-24-18-19-25-17-15-23-13-11-21/h20-21H,3-19H2,1-2H3. The highest BCUT2D eigenvalue weighted by molar-refractivity contribution is 4.53. The number of ether oxygens (including phenoxy) is 4. The van der Waals surface area contributed by atoms with Crippen molar-refractivity contribution in [3.8, 4) is 0 Å². The molecule has 0 aromatic rings. The van der Waals surface area contributed by atoms with Crippen LogP contribution in [0.5, 0.6) is 0 Å². The zero-order chi connectivity index (χ0) is 18.4. The van der Waals surface area contributed by atoms with Crippen LogP contribution in [0.15, 0.2) is 0 Å². The summed E-state index contributed by atoms with van der Waals surface area (Å²) in [7, 11) is 0. The van der Waals surface area contributed by atoms with Gasteiger partial charge >= 0.3 is 0 Å². The van der Waals surface area contributed by atoms with Crippen LogP contribution in [0.2, 0.25) is 0 Å². The van der Waals surface area contributed by atoms with Gasteiger partial charge in [-0.05, 0) is 12.3 Å². The summed E-state index contributed by atoms with van der Waals surface area (Å²) in [6.45, 7) is 9.41. The molecule has 0 aromatic carbocycles. The van der Waals surface area contributed by atoms with E-state index in [9.17, 15) is 0 Å². The number of aliphatic hydroxyl groups is 1. The molecule has 0 rings (SSSR count). The molecule has 1 N–H and O–H groups in total. The van der Waals surface area contributed by atoms with Crippen LogP contribution in [0.1, 0.15) is 65.2 Å². The van der Waals surface area contributed by atoms with Crippen molar-refractivity contribution in [1.29, 1.82) is 0 Å². The first-order valence-corrected chi connectivity index (χ1v) is 10.2. The van der Waals surface area contributed by atoms with Crippen LogP contribution in [0.25, 0.3) is 0 Å². The predicted octanol–water partition coefficient (Wildman–Crippen LogP) is 3.82. The summed E-state index contributed by atoms with van der Waals surface area (Å²) in [5, 5.41) is 8.53. The lowest BCUT2D eigenvalue weighted by molar-refractivity contribution is -0.00577. The van der Waals surface area contributed by atoms with Gasteiger partial charge in [-0.3, -0.25) is 0 Å². The van der Waals surface area contributed by atoms with Gasteiger partial charge in [0.15, 0.2) is 0 Å². The smallest absolute Gasteiger partial charge is 0.0701 e. The molecule has 0 aromatic heterocycles. The minimum atomic E-state index is 0.0570. The second kappa shape index (κ2) is 21.8. The van der Waals surface area contributed by atoms with Crippen molar-refractivity contribution in [1.82, 2.24) is 0 Å². The van der Waals surface area contributed by atoms with E-state index in [1.807, 2.05) is 0 Å². The monoisotopic (exact) mass is 362 g/mol. The Labute approximate surface area is 155 Å². The van der Waals surface area contributed by atoms with Crippen LogP contribution in [-0.4, -0.2) is 64.6 Å². The fourth-order valence-electron chi connectivity index (χ4n) is 2.69. The summed E-state index contributed by atoms with van der Waals surface area (Å²) in [4.78, 5) is 0. The molecule has 0 bridgehead atoms. The first kappa shape index (κ1) is 24.8. The third kappa shape index (κ3) is 21.8. The van der Waals surface area contributed by atoms with Gasteiger partial charge in [-0.15, -0.1) is 0 Å². The van der Waals surface area contributed by atoms with Crippen LogP contribution in [0, 0.1) is 5.92 Å². The first-order valence-electron chi connectivity index (χ1n) is 10.2. The molecule has 0 radical (unpaired) electrons. The van der Waals surface area contributed by atoms with E-state index in [4.69, 9.17) is 24.1 Å². The number of hydrogen-bond acceptors (Lipinski definition) is 5. The number of hydrogen-bond donors (Lipinski definition) is 1. The van der Waals surface area contributed by atoms with Gasteiger partial charge in [-0.25, -0.2) is 0 Å². The predicted molar refractivity (Wildman–Crippen MR) is 102 cm³/mol. The van der Waals surface area contributed by atoms with Gasteiger partial charge < -0.3 is 24.1 Å². The average molecular weight is 363 g/mol. The Hall–Kier alpha value is -0.200. The van der Waals surface area contributed by atoms with Gasteiger partial charge in [0.25, 0.3) is 0 Å². The fourth-order valence-corrected chi connectivity index (χ4v) is 2.69. The van der Waals surface area contributed by atoms with Gasteiger partial charge in [0.05, 0.1) is 52.9 Å². The highest BCUT2D eigenvalue weighted by atomic mass is 16.6. The van der Waals surface area contributed by atoms with Crippen LogP contribution >= 0.6 is 0 Å². The molecule has 0 aliphatic rings. The summed E-state index contributed by atoms with van der Waals surface area (Å²) < 4.78 is 21.4.